The molecule has 2 unspecified atom stereocenters. The Bertz CT molecular complexity index is 354. The smallest absolute Gasteiger partial charge is 0.225 e. The summed E-state index contributed by atoms with van der Waals surface area (Å²) in [6.07, 6.45) is 6.49. The van der Waals surface area contributed by atoms with Crippen LogP contribution in [0.15, 0.2) is 12.7 Å². The molecule has 0 aromatic heterocycles. The van der Waals surface area contributed by atoms with Gasteiger partial charge < -0.3 is 9.64 Å². The summed E-state index contributed by atoms with van der Waals surface area (Å²) in [7, 11) is 0. The first-order valence-electron chi connectivity index (χ1n) is 7.55. The Morgan fingerprint density at radius 1 is 1.21 bits per heavy atom. The number of rotatable bonds is 3. The molecule has 106 valence electrons. The van der Waals surface area contributed by atoms with Crippen LogP contribution in [0.3, 0.4) is 0 Å². The molecule has 2 saturated heterocycles. The van der Waals surface area contributed by atoms with Gasteiger partial charge in [-0.15, -0.1) is 6.58 Å². The van der Waals surface area contributed by atoms with Crippen molar-refractivity contribution < 1.29 is 9.53 Å². The van der Waals surface area contributed by atoms with Crippen LogP contribution >= 0.6 is 0 Å². The fraction of sp³-hybridized carbons (Fsp3) is 0.800. The SMILES string of the molecule is C=CCN1CCOC2CCN(C(=O)C3CC3)CCC21. The Morgan fingerprint density at radius 2 is 2.00 bits per heavy atom. The zero-order chi connectivity index (χ0) is 13.2. The van der Waals surface area contributed by atoms with Gasteiger partial charge in [-0.3, -0.25) is 9.69 Å². The van der Waals surface area contributed by atoms with Crippen molar-refractivity contribution in [2.24, 2.45) is 5.92 Å². The molecule has 4 nitrogen and oxygen atoms in total. The largest absolute Gasteiger partial charge is 0.375 e. The molecule has 2 aliphatic heterocycles. The van der Waals surface area contributed by atoms with Crippen LogP contribution in [0, 0.1) is 5.92 Å². The van der Waals surface area contributed by atoms with Crippen LogP contribution in [-0.2, 0) is 9.53 Å². The molecular weight excluding hydrogens is 240 g/mol. The highest BCUT2D eigenvalue weighted by molar-refractivity contribution is 5.81. The highest BCUT2D eigenvalue weighted by Crippen LogP contribution is 2.32. The molecule has 0 bridgehead atoms. The molecule has 4 heteroatoms. The Labute approximate surface area is 115 Å². The molecule has 2 atom stereocenters. The number of carbonyl (C=O) groups is 1. The first-order chi connectivity index (χ1) is 9.29. The first-order valence-corrected chi connectivity index (χ1v) is 7.55. The number of carbonyl (C=O) groups excluding carboxylic acids is 1. The number of ether oxygens (including phenoxy) is 1. The second-order valence-corrected chi connectivity index (χ2v) is 5.94. The van der Waals surface area contributed by atoms with Gasteiger partial charge in [-0.05, 0) is 25.7 Å². The summed E-state index contributed by atoms with van der Waals surface area (Å²) in [5.41, 5.74) is 0. The molecule has 1 amide bonds. The van der Waals surface area contributed by atoms with Crippen LogP contribution in [0.2, 0.25) is 0 Å². The molecule has 1 aliphatic carbocycles. The highest BCUT2D eigenvalue weighted by Gasteiger charge is 2.38. The second-order valence-electron chi connectivity index (χ2n) is 5.94. The lowest BCUT2D eigenvalue weighted by atomic mass is 10.0. The number of likely N-dealkylation sites (tertiary alicyclic amines) is 1. The number of hydrogen-bond acceptors (Lipinski definition) is 3. The summed E-state index contributed by atoms with van der Waals surface area (Å²) in [6, 6.07) is 0.462. The summed E-state index contributed by atoms with van der Waals surface area (Å²) in [5, 5.41) is 0. The maximum atomic E-state index is 12.2. The average molecular weight is 264 g/mol. The number of hydrogen-bond donors (Lipinski definition) is 0. The van der Waals surface area contributed by atoms with Gasteiger partial charge in [0.15, 0.2) is 0 Å². The van der Waals surface area contributed by atoms with E-state index in [0.717, 1.165) is 58.5 Å². The number of nitrogens with zero attached hydrogens (tertiary/aromatic N) is 2. The maximum Gasteiger partial charge on any atom is 0.225 e. The van der Waals surface area contributed by atoms with Crippen LogP contribution in [0.1, 0.15) is 25.7 Å². The van der Waals surface area contributed by atoms with E-state index in [-0.39, 0.29) is 0 Å². The van der Waals surface area contributed by atoms with Gasteiger partial charge in [0.2, 0.25) is 5.91 Å². The molecule has 19 heavy (non-hydrogen) atoms. The lowest BCUT2D eigenvalue weighted by molar-refractivity contribution is -0.132. The van der Waals surface area contributed by atoms with Crippen molar-refractivity contribution in [3.8, 4) is 0 Å². The van der Waals surface area contributed by atoms with Crippen molar-refractivity contribution in [3.05, 3.63) is 12.7 Å². The lowest BCUT2D eigenvalue weighted by Crippen LogP contribution is -2.51. The van der Waals surface area contributed by atoms with Gasteiger partial charge in [0, 0.05) is 38.1 Å². The van der Waals surface area contributed by atoms with E-state index < -0.39 is 0 Å². The molecule has 0 aromatic rings. The number of amides is 1. The summed E-state index contributed by atoms with van der Waals surface area (Å²) in [4.78, 5) is 16.7. The third kappa shape index (κ3) is 2.84. The van der Waals surface area contributed by atoms with E-state index in [4.69, 9.17) is 4.74 Å². The van der Waals surface area contributed by atoms with Crippen molar-refractivity contribution in [2.45, 2.75) is 37.8 Å². The zero-order valence-electron chi connectivity index (χ0n) is 11.6. The first kappa shape index (κ1) is 13.1. The van der Waals surface area contributed by atoms with Crippen molar-refractivity contribution in [1.29, 1.82) is 0 Å². The minimum atomic E-state index is 0.297. The van der Waals surface area contributed by atoms with Gasteiger partial charge in [0.25, 0.3) is 0 Å². The van der Waals surface area contributed by atoms with Gasteiger partial charge >= 0.3 is 0 Å². The van der Waals surface area contributed by atoms with Crippen LogP contribution < -0.4 is 0 Å². The standard InChI is InChI=1S/C15H24N2O2/c1-2-7-16-10-11-19-14-6-9-17(8-5-13(14)16)15(18)12-3-4-12/h2,12-14H,1,3-11H2. The predicted molar refractivity (Wildman–Crippen MR) is 73.8 cm³/mol. The van der Waals surface area contributed by atoms with Crippen LogP contribution in [-0.4, -0.2) is 60.6 Å². The predicted octanol–water partition coefficient (Wildman–Crippen LogP) is 1.27. The molecule has 3 rings (SSSR count). The van der Waals surface area contributed by atoms with Gasteiger partial charge in [0.05, 0.1) is 12.7 Å². The van der Waals surface area contributed by atoms with Crippen molar-refractivity contribution in [3.63, 3.8) is 0 Å². The van der Waals surface area contributed by atoms with Crippen molar-refractivity contribution >= 4 is 5.91 Å². The molecule has 0 aromatic carbocycles. The molecule has 3 aliphatic rings. The average Bonchev–Trinajstić information content (AvgIpc) is 3.25. The molecule has 1 saturated carbocycles. The fourth-order valence-electron chi connectivity index (χ4n) is 3.36. The second kappa shape index (κ2) is 5.63. The molecule has 2 heterocycles. The maximum absolute atomic E-state index is 12.2. The Morgan fingerprint density at radius 3 is 2.74 bits per heavy atom. The Kier molecular flexibility index (Phi) is 3.89. The summed E-state index contributed by atoms with van der Waals surface area (Å²) in [5.74, 6) is 0.722. The van der Waals surface area contributed by atoms with Gasteiger partial charge in [-0.2, -0.15) is 0 Å². The van der Waals surface area contributed by atoms with E-state index in [1.165, 1.54) is 0 Å². The number of fused-ring (bicyclic) bond motifs is 1. The van der Waals surface area contributed by atoms with Crippen LogP contribution in [0.5, 0.6) is 0 Å². The van der Waals surface area contributed by atoms with Gasteiger partial charge in [-0.1, -0.05) is 6.08 Å². The topological polar surface area (TPSA) is 32.8 Å². The lowest BCUT2D eigenvalue weighted by Gasteiger charge is -2.39. The van der Waals surface area contributed by atoms with E-state index in [9.17, 15) is 4.79 Å². The minimum Gasteiger partial charge on any atom is -0.375 e. The zero-order valence-corrected chi connectivity index (χ0v) is 11.6. The van der Waals surface area contributed by atoms with Crippen molar-refractivity contribution in [1.82, 2.24) is 9.80 Å². The van der Waals surface area contributed by atoms with E-state index in [0.29, 0.717) is 24.0 Å². The monoisotopic (exact) mass is 264 g/mol. The molecular formula is C15H24N2O2. The summed E-state index contributed by atoms with van der Waals surface area (Å²) >= 11 is 0. The fourth-order valence-corrected chi connectivity index (χ4v) is 3.36. The van der Waals surface area contributed by atoms with Crippen LogP contribution in [0.25, 0.3) is 0 Å². The number of morpholine rings is 1. The molecule has 0 radical (unpaired) electrons. The van der Waals surface area contributed by atoms with Crippen molar-refractivity contribution in [2.75, 3.05) is 32.8 Å². The quantitative estimate of drug-likeness (QED) is 0.720. The Balaban J connectivity index is 1.64. The summed E-state index contributed by atoms with van der Waals surface area (Å²) < 4.78 is 5.93. The molecule has 3 fully saturated rings. The molecule has 0 spiro atoms. The Hall–Kier alpha value is -0.870. The van der Waals surface area contributed by atoms with Gasteiger partial charge in [0.1, 0.15) is 0 Å². The molecule has 0 N–H and O–H groups in total. The van der Waals surface area contributed by atoms with Crippen LogP contribution in [0.4, 0.5) is 0 Å². The minimum absolute atomic E-state index is 0.297. The third-order valence-corrected chi connectivity index (χ3v) is 4.59. The van der Waals surface area contributed by atoms with Gasteiger partial charge in [-0.25, -0.2) is 0 Å². The third-order valence-electron chi connectivity index (χ3n) is 4.59. The van der Waals surface area contributed by atoms with E-state index in [2.05, 4.69) is 16.4 Å². The highest BCUT2D eigenvalue weighted by atomic mass is 16.5. The summed E-state index contributed by atoms with van der Waals surface area (Å²) in [6.45, 7) is 8.35. The normalized spacial score (nSPS) is 32.5. The van der Waals surface area contributed by atoms with E-state index >= 15 is 0 Å². The van der Waals surface area contributed by atoms with E-state index in [1.807, 2.05) is 6.08 Å². The van der Waals surface area contributed by atoms with E-state index in [1.54, 1.807) is 0 Å².